The number of amides is 1. The number of para-hydroxylation sites is 1. The van der Waals surface area contributed by atoms with Crippen LogP contribution in [0.1, 0.15) is 39.4 Å². The molecule has 1 saturated carbocycles. The van der Waals surface area contributed by atoms with Crippen LogP contribution in [0, 0.1) is 0 Å². The average molecular weight is 343 g/mol. The number of rotatable bonds is 5. The molecule has 0 saturated heterocycles. The van der Waals surface area contributed by atoms with Crippen molar-refractivity contribution in [3.8, 4) is 5.69 Å². The molecule has 1 aromatic heterocycles. The van der Waals surface area contributed by atoms with Gasteiger partial charge in [0, 0.05) is 17.8 Å². The number of carbonyl (C=O) groups excluding carboxylic acids is 1. The van der Waals surface area contributed by atoms with E-state index in [9.17, 15) is 4.79 Å². The van der Waals surface area contributed by atoms with Gasteiger partial charge in [0.1, 0.15) is 11.9 Å². The van der Waals surface area contributed by atoms with Crippen molar-refractivity contribution in [1.82, 2.24) is 25.4 Å². The number of ether oxygens (including phenoxy) is 1. The highest BCUT2D eigenvalue weighted by Gasteiger charge is 2.31. The summed E-state index contributed by atoms with van der Waals surface area (Å²) in [5.74, 6) is 0.870. The maximum absolute atomic E-state index is 11.7. The van der Waals surface area contributed by atoms with Crippen molar-refractivity contribution < 1.29 is 9.53 Å². The Balaban J connectivity index is 1.44. The molecule has 7 nitrogen and oxygen atoms in total. The SMILES string of the molecule is CC(C)(C)OC(=O)NC1CC(NCc2nncn2-c2ccccc2)C1. The van der Waals surface area contributed by atoms with Gasteiger partial charge >= 0.3 is 6.09 Å². The van der Waals surface area contributed by atoms with Crippen LogP contribution in [0.15, 0.2) is 36.7 Å². The van der Waals surface area contributed by atoms with E-state index in [1.54, 1.807) is 6.33 Å². The van der Waals surface area contributed by atoms with Gasteiger partial charge in [-0.3, -0.25) is 4.57 Å². The summed E-state index contributed by atoms with van der Waals surface area (Å²) in [4.78, 5) is 11.7. The van der Waals surface area contributed by atoms with Crippen molar-refractivity contribution >= 4 is 6.09 Å². The van der Waals surface area contributed by atoms with E-state index in [-0.39, 0.29) is 12.1 Å². The Morgan fingerprint density at radius 2 is 1.96 bits per heavy atom. The summed E-state index contributed by atoms with van der Waals surface area (Å²) in [6, 6.07) is 10.5. The molecule has 0 unspecified atom stereocenters. The number of benzene rings is 1. The minimum atomic E-state index is -0.465. The molecule has 0 atom stereocenters. The standard InChI is InChI=1S/C18H25N5O2/c1-18(2,3)25-17(24)21-14-9-13(10-14)19-11-16-22-20-12-23(16)15-7-5-4-6-8-15/h4-8,12-14,19H,9-11H2,1-3H3,(H,21,24). The maximum Gasteiger partial charge on any atom is 0.407 e. The first-order chi connectivity index (χ1) is 11.9. The molecule has 7 heteroatoms. The number of nitrogens with one attached hydrogen (secondary N) is 2. The van der Waals surface area contributed by atoms with Gasteiger partial charge in [0.25, 0.3) is 0 Å². The first-order valence-electron chi connectivity index (χ1n) is 8.58. The number of nitrogens with zero attached hydrogens (tertiary/aromatic N) is 3. The summed E-state index contributed by atoms with van der Waals surface area (Å²) in [5.41, 5.74) is 0.579. The molecule has 2 aromatic rings. The van der Waals surface area contributed by atoms with Crippen molar-refractivity contribution in [3.63, 3.8) is 0 Å². The smallest absolute Gasteiger partial charge is 0.407 e. The molecule has 1 fully saturated rings. The number of aromatic nitrogens is 3. The molecule has 25 heavy (non-hydrogen) atoms. The average Bonchev–Trinajstić information content (AvgIpc) is 2.97. The molecule has 2 N–H and O–H groups in total. The van der Waals surface area contributed by atoms with Crippen LogP contribution in [0.2, 0.25) is 0 Å². The van der Waals surface area contributed by atoms with Crippen LogP contribution < -0.4 is 10.6 Å². The fraction of sp³-hybridized carbons (Fsp3) is 0.500. The third kappa shape index (κ3) is 4.79. The lowest BCUT2D eigenvalue weighted by Gasteiger charge is -2.36. The van der Waals surface area contributed by atoms with Crippen LogP contribution in [-0.2, 0) is 11.3 Å². The predicted octanol–water partition coefficient (Wildman–Crippen LogP) is 2.41. The molecular weight excluding hydrogens is 318 g/mol. The van der Waals surface area contributed by atoms with E-state index in [1.165, 1.54) is 0 Å². The molecule has 134 valence electrons. The molecule has 1 aliphatic carbocycles. The Labute approximate surface area is 147 Å². The molecule has 1 aromatic carbocycles. The third-order valence-electron chi connectivity index (χ3n) is 4.06. The van der Waals surface area contributed by atoms with Crippen molar-refractivity contribution in [1.29, 1.82) is 0 Å². The van der Waals surface area contributed by atoms with E-state index < -0.39 is 5.60 Å². The first-order valence-corrected chi connectivity index (χ1v) is 8.58. The van der Waals surface area contributed by atoms with Crippen LogP contribution in [0.4, 0.5) is 4.79 Å². The summed E-state index contributed by atoms with van der Waals surface area (Å²) in [5, 5.41) is 14.6. The highest BCUT2D eigenvalue weighted by Crippen LogP contribution is 2.21. The lowest BCUT2D eigenvalue weighted by atomic mass is 9.87. The van der Waals surface area contributed by atoms with Gasteiger partial charge in [-0.2, -0.15) is 0 Å². The minimum Gasteiger partial charge on any atom is -0.444 e. The lowest BCUT2D eigenvalue weighted by molar-refractivity contribution is 0.0465. The second-order valence-corrected chi connectivity index (χ2v) is 7.35. The molecule has 1 amide bonds. The largest absolute Gasteiger partial charge is 0.444 e. The zero-order chi connectivity index (χ0) is 17.9. The zero-order valence-corrected chi connectivity index (χ0v) is 14.9. The fourth-order valence-electron chi connectivity index (χ4n) is 2.80. The van der Waals surface area contributed by atoms with Gasteiger partial charge in [-0.25, -0.2) is 4.79 Å². The van der Waals surface area contributed by atoms with Gasteiger partial charge < -0.3 is 15.4 Å². The summed E-state index contributed by atoms with van der Waals surface area (Å²) >= 11 is 0. The number of hydrogen-bond acceptors (Lipinski definition) is 5. The predicted molar refractivity (Wildman–Crippen MR) is 94.4 cm³/mol. The van der Waals surface area contributed by atoms with Crippen LogP contribution >= 0.6 is 0 Å². The number of hydrogen-bond donors (Lipinski definition) is 2. The van der Waals surface area contributed by atoms with E-state index in [1.807, 2.05) is 55.7 Å². The number of alkyl carbamates (subject to hydrolysis) is 1. The van der Waals surface area contributed by atoms with Crippen molar-refractivity contribution in [2.24, 2.45) is 0 Å². The van der Waals surface area contributed by atoms with E-state index >= 15 is 0 Å². The molecule has 0 aliphatic heterocycles. The van der Waals surface area contributed by atoms with Crippen LogP contribution in [0.25, 0.3) is 5.69 Å². The van der Waals surface area contributed by atoms with Gasteiger partial charge in [-0.15, -0.1) is 10.2 Å². The lowest BCUT2D eigenvalue weighted by Crippen LogP contribution is -2.53. The van der Waals surface area contributed by atoms with Gasteiger partial charge in [0.15, 0.2) is 5.82 Å². The highest BCUT2D eigenvalue weighted by molar-refractivity contribution is 5.68. The van der Waals surface area contributed by atoms with Gasteiger partial charge in [-0.05, 0) is 45.7 Å². The quantitative estimate of drug-likeness (QED) is 0.871. The minimum absolute atomic E-state index is 0.166. The molecule has 0 bridgehead atoms. The van der Waals surface area contributed by atoms with Crippen molar-refractivity contribution in [2.75, 3.05) is 0 Å². The van der Waals surface area contributed by atoms with Crippen molar-refractivity contribution in [2.45, 2.75) is 57.8 Å². The van der Waals surface area contributed by atoms with Crippen LogP contribution in [-0.4, -0.2) is 38.5 Å². The molecule has 1 aliphatic rings. The Bertz CT molecular complexity index is 702. The van der Waals surface area contributed by atoms with E-state index in [2.05, 4.69) is 20.8 Å². The fourth-order valence-corrected chi connectivity index (χ4v) is 2.80. The zero-order valence-electron chi connectivity index (χ0n) is 14.9. The van der Waals surface area contributed by atoms with Crippen molar-refractivity contribution in [3.05, 3.63) is 42.5 Å². The molecule has 3 rings (SSSR count). The van der Waals surface area contributed by atoms with Gasteiger partial charge in [0.2, 0.25) is 0 Å². The maximum atomic E-state index is 11.7. The van der Waals surface area contributed by atoms with Gasteiger partial charge in [-0.1, -0.05) is 18.2 Å². The Morgan fingerprint density at radius 1 is 1.24 bits per heavy atom. The van der Waals surface area contributed by atoms with Crippen LogP contribution in [0.3, 0.4) is 0 Å². The van der Waals surface area contributed by atoms with Gasteiger partial charge in [0.05, 0.1) is 6.54 Å². The summed E-state index contributed by atoms with van der Waals surface area (Å²) < 4.78 is 7.25. The Hall–Kier alpha value is -2.41. The Kier molecular flexibility index (Phi) is 5.03. The van der Waals surface area contributed by atoms with Crippen LogP contribution in [0.5, 0.6) is 0 Å². The van der Waals surface area contributed by atoms with E-state index in [4.69, 9.17) is 4.74 Å². The second kappa shape index (κ2) is 7.23. The molecule has 0 spiro atoms. The summed E-state index contributed by atoms with van der Waals surface area (Å²) in [6.45, 7) is 6.22. The Morgan fingerprint density at radius 3 is 2.64 bits per heavy atom. The molecular formula is C18H25N5O2. The highest BCUT2D eigenvalue weighted by atomic mass is 16.6. The monoisotopic (exact) mass is 343 g/mol. The number of carbonyl (C=O) groups is 1. The normalized spacial score (nSPS) is 20.0. The van der Waals surface area contributed by atoms with E-state index in [0.29, 0.717) is 12.6 Å². The topological polar surface area (TPSA) is 81.1 Å². The van der Waals surface area contributed by atoms with E-state index in [0.717, 1.165) is 24.4 Å². The molecule has 1 heterocycles. The molecule has 0 radical (unpaired) electrons. The summed E-state index contributed by atoms with van der Waals surface area (Å²) in [6.07, 6.45) is 3.15. The second-order valence-electron chi connectivity index (χ2n) is 7.35. The first kappa shape index (κ1) is 17.4. The third-order valence-corrected chi connectivity index (χ3v) is 4.06. The summed E-state index contributed by atoms with van der Waals surface area (Å²) in [7, 11) is 0.